The second-order valence-electron chi connectivity index (χ2n) is 5.18. The SMILES string of the molecule is CCNC(=NCc1cccc(C(F)(F)F)c1)NC1CC=CC1. The lowest BCUT2D eigenvalue weighted by atomic mass is 10.1. The third kappa shape index (κ3) is 4.79. The first-order valence-electron chi connectivity index (χ1n) is 7.35. The molecule has 1 aliphatic carbocycles. The van der Waals surface area contributed by atoms with Crippen molar-refractivity contribution in [3.8, 4) is 0 Å². The minimum absolute atomic E-state index is 0.208. The van der Waals surface area contributed by atoms with Crippen LogP contribution in [0.2, 0.25) is 0 Å². The zero-order chi connectivity index (χ0) is 16.0. The van der Waals surface area contributed by atoms with Gasteiger partial charge in [-0.25, -0.2) is 4.99 Å². The molecule has 0 unspecified atom stereocenters. The summed E-state index contributed by atoms with van der Waals surface area (Å²) >= 11 is 0. The van der Waals surface area contributed by atoms with Crippen molar-refractivity contribution >= 4 is 5.96 Å². The highest BCUT2D eigenvalue weighted by atomic mass is 19.4. The Labute approximate surface area is 128 Å². The number of rotatable bonds is 4. The van der Waals surface area contributed by atoms with Crippen LogP contribution in [0.1, 0.15) is 30.9 Å². The van der Waals surface area contributed by atoms with Crippen molar-refractivity contribution in [2.75, 3.05) is 6.54 Å². The molecule has 120 valence electrons. The van der Waals surface area contributed by atoms with Crippen LogP contribution >= 0.6 is 0 Å². The van der Waals surface area contributed by atoms with Crippen molar-refractivity contribution < 1.29 is 13.2 Å². The second kappa shape index (κ2) is 7.33. The highest BCUT2D eigenvalue weighted by molar-refractivity contribution is 5.80. The third-order valence-corrected chi connectivity index (χ3v) is 3.37. The maximum Gasteiger partial charge on any atom is 0.416 e. The van der Waals surface area contributed by atoms with E-state index in [1.54, 1.807) is 6.07 Å². The van der Waals surface area contributed by atoms with Gasteiger partial charge in [-0.15, -0.1) is 0 Å². The van der Waals surface area contributed by atoms with Gasteiger partial charge < -0.3 is 10.6 Å². The average molecular weight is 311 g/mol. The van der Waals surface area contributed by atoms with Gasteiger partial charge in [-0.1, -0.05) is 24.3 Å². The predicted molar refractivity (Wildman–Crippen MR) is 81.6 cm³/mol. The van der Waals surface area contributed by atoms with Gasteiger partial charge in [0.25, 0.3) is 0 Å². The highest BCUT2D eigenvalue weighted by Crippen LogP contribution is 2.29. The molecule has 0 aliphatic heterocycles. The van der Waals surface area contributed by atoms with Crippen molar-refractivity contribution in [3.05, 3.63) is 47.5 Å². The molecule has 2 rings (SSSR count). The summed E-state index contributed by atoms with van der Waals surface area (Å²) < 4.78 is 38.1. The molecule has 6 heteroatoms. The maximum absolute atomic E-state index is 12.7. The molecule has 0 amide bonds. The van der Waals surface area contributed by atoms with Crippen molar-refractivity contribution in [1.82, 2.24) is 10.6 Å². The monoisotopic (exact) mass is 311 g/mol. The Kier molecular flexibility index (Phi) is 5.46. The summed E-state index contributed by atoms with van der Waals surface area (Å²) in [5.41, 5.74) is -0.102. The summed E-state index contributed by atoms with van der Waals surface area (Å²) in [5.74, 6) is 0.633. The normalized spacial score (nSPS) is 16.1. The van der Waals surface area contributed by atoms with Gasteiger partial charge in [-0.2, -0.15) is 13.2 Å². The summed E-state index contributed by atoms with van der Waals surface area (Å²) in [6.45, 7) is 2.86. The molecule has 0 heterocycles. The van der Waals surface area contributed by atoms with Crippen LogP contribution in [0.4, 0.5) is 13.2 Å². The average Bonchev–Trinajstić information content (AvgIpc) is 2.97. The lowest BCUT2D eigenvalue weighted by Crippen LogP contribution is -2.42. The van der Waals surface area contributed by atoms with Crippen LogP contribution in [0.25, 0.3) is 0 Å². The zero-order valence-corrected chi connectivity index (χ0v) is 12.5. The summed E-state index contributed by atoms with van der Waals surface area (Å²) in [5, 5.41) is 6.40. The molecular formula is C16H20F3N3. The molecule has 0 saturated carbocycles. The van der Waals surface area contributed by atoms with Gasteiger partial charge in [0.2, 0.25) is 0 Å². The van der Waals surface area contributed by atoms with E-state index in [0.717, 1.165) is 25.0 Å². The molecule has 2 N–H and O–H groups in total. The second-order valence-corrected chi connectivity index (χ2v) is 5.18. The first kappa shape index (κ1) is 16.4. The predicted octanol–water partition coefficient (Wildman–Crippen LogP) is 3.48. The highest BCUT2D eigenvalue weighted by Gasteiger charge is 2.30. The van der Waals surface area contributed by atoms with Crippen LogP contribution in [0.15, 0.2) is 41.4 Å². The summed E-state index contributed by atoms with van der Waals surface area (Å²) in [4.78, 5) is 4.37. The van der Waals surface area contributed by atoms with Gasteiger partial charge >= 0.3 is 6.18 Å². The number of hydrogen-bond donors (Lipinski definition) is 2. The number of hydrogen-bond acceptors (Lipinski definition) is 1. The minimum atomic E-state index is -4.32. The molecule has 22 heavy (non-hydrogen) atoms. The number of alkyl halides is 3. The van der Waals surface area contributed by atoms with Crippen molar-refractivity contribution in [1.29, 1.82) is 0 Å². The Morgan fingerprint density at radius 2 is 2.00 bits per heavy atom. The van der Waals surface area contributed by atoms with E-state index in [4.69, 9.17) is 0 Å². The van der Waals surface area contributed by atoms with Crippen molar-refractivity contribution in [2.24, 2.45) is 4.99 Å². The Balaban J connectivity index is 2.03. The van der Waals surface area contributed by atoms with Crippen LogP contribution < -0.4 is 10.6 Å². The van der Waals surface area contributed by atoms with E-state index in [0.29, 0.717) is 24.1 Å². The van der Waals surface area contributed by atoms with E-state index in [1.807, 2.05) is 6.92 Å². The lowest BCUT2D eigenvalue weighted by molar-refractivity contribution is -0.137. The number of nitrogens with zero attached hydrogens (tertiary/aromatic N) is 1. The molecule has 0 fully saturated rings. The standard InChI is InChI=1S/C16H20F3N3/c1-2-20-15(22-14-8-3-4-9-14)21-11-12-6-5-7-13(10-12)16(17,18)19/h3-7,10,14H,2,8-9,11H2,1H3,(H2,20,21,22). The summed E-state index contributed by atoms with van der Waals surface area (Å²) in [6.07, 6.45) is 1.77. The van der Waals surface area contributed by atoms with Crippen LogP contribution in [-0.2, 0) is 12.7 Å². The molecular weight excluding hydrogens is 291 g/mol. The van der Waals surface area contributed by atoms with E-state index >= 15 is 0 Å². The number of aliphatic imine (C=N–C) groups is 1. The zero-order valence-electron chi connectivity index (χ0n) is 12.5. The lowest BCUT2D eigenvalue weighted by Gasteiger charge is -2.16. The molecule has 0 saturated heterocycles. The fourth-order valence-electron chi connectivity index (χ4n) is 2.26. The minimum Gasteiger partial charge on any atom is -0.357 e. The molecule has 0 bridgehead atoms. The van der Waals surface area contributed by atoms with Crippen LogP contribution in [0.5, 0.6) is 0 Å². The molecule has 1 aromatic carbocycles. The Morgan fingerprint density at radius 3 is 2.64 bits per heavy atom. The number of halogens is 3. The largest absolute Gasteiger partial charge is 0.416 e. The topological polar surface area (TPSA) is 36.4 Å². The smallest absolute Gasteiger partial charge is 0.357 e. The Hall–Kier alpha value is -1.98. The first-order valence-corrected chi connectivity index (χ1v) is 7.35. The molecule has 0 aromatic heterocycles. The van der Waals surface area contributed by atoms with E-state index in [2.05, 4.69) is 27.8 Å². The molecule has 0 atom stereocenters. The Morgan fingerprint density at radius 1 is 1.27 bits per heavy atom. The number of benzene rings is 1. The molecule has 3 nitrogen and oxygen atoms in total. The van der Waals surface area contributed by atoms with Crippen molar-refractivity contribution in [3.63, 3.8) is 0 Å². The molecule has 0 radical (unpaired) electrons. The third-order valence-electron chi connectivity index (χ3n) is 3.37. The molecule has 1 aliphatic rings. The summed E-state index contributed by atoms with van der Waals surface area (Å²) in [6, 6.07) is 5.58. The van der Waals surface area contributed by atoms with Crippen LogP contribution in [0.3, 0.4) is 0 Å². The van der Waals surface area contributed by atoms with E-state index in [1.165, 1.54) is 6.07 Å². The molecule has 0 spiro atoms. The molecule has 1 aromatic rings. The van der Waals surface area contributed by atoms with Gasteiger partial charge in [-0.05, 0) is 37.5 Å². The van der Waals surface area contributed by atoms with Gasteiger partial charge in [-0.3, -0.25) is 0 Å². The van der Waals surface area contributed by atoms with Crippen molar-refractivity contribution in [2.45, 2.75) is 38.5 Å². The fourth-order valence-corrected chi connectivity index (χ4v) is 2.26. The Bertz CT molecular complexity index is 542. The van der Waals surface area contributed by atoms with Crippen LogP contribution in [-0.4, -0.2) is 18.5 Å². The number of nitrogens with one attached hydrogen (secondary N) is 2. The summed E-state index contributed by atoms with van der Waals surface area (Å²) in [7, 11) is 0. The van der Waals surface area contributed by atoms with E-state index < -0.39 is 11.7 Å². The quantitative estimate of drug-likeness (QED) is 0.507. The van der Waals surface area contributed by atoms with Gasteiger partial charge in [0.1, 0.15) is 0 Å². The van der Waals surface area contributed by atoms with Gasteiger partial charge in [0.05, 0.1) is 12.1 Å². The fraction of sp³-hybridized carbons (Fsp3) is 0.438. The van der Waals surface area contributed by atoms with Gasteiger partial charge in [0, 0.05) is 12.6 Å². The van der Waals surface area contributed by atoms with E-state index in [-0.39, 0.29) is 6.54 Å². The maximum atomic E-state index is 12.7. The number of guanidine groups is 1. The first-order chi connectivity index (χ1) is 10.5. The van der Waals surface area contributed by atoms with E-state index in [9.17, 15) is 13.2 Å². The van der Waals surface area contributed by atoms with Gasteiger partial charge in [0.15, 0.2) is 5.96 Å². The van der Waals surface area contributed by atoms with Crippen LogP contribution in [0, 0.1) is 0 Å².